The van der Waals surface area contributed by atoms with Crippen LogP contribution >= 0.6 is 27.3 Å². The summed E-state index contributed by atoms with van der Waals surface area (Å²) in [6.45, 7) is 3.80. The van der Waals surface area contributed by atoms with Gasteiger partial charge in [-0.15, -0.1) is 11.3 Å². The number of thiophene rings is 1. The van der Waals surface area contributed by atoms with Gasteiger partial charge in [-0.05, 0) is 33.8 Å². The van der Waals surface area contributed by atoms with Crippen LogP contribution in [0.5, 0.6) is 0 Å². The van der Waals surface area contributed by atoms with E-state index in [0.29, 0.717) is 0 Å². The van der Waals surface area contributed by atoms with Crippen LogP contribution in [0.1, 0.15) is 24.6 Å². The molecule has 0 saturated heterocycles. The lowest BCUT2D eigenvalue weighted by Crippen LogP contribution is -1.93. The first-order valence-corrected chi connectivity index (χ1v) is 5.81. The Bertz CT molecular complexity index is 222. The Morgan fingerprint density at radius 3 is 3.00 bits per heavy atom. The Balaban J connectivity index is 2.20. The molecule has 0 atom stereocenters. The van der Waals surface area contributed by atoms with Gasteiger partial charge in [-0.3, -0.25) is 0 Å². The van der Waals surface area contributed by atoms with Crippen molar-refractivity contribution < 1.29 is 4.74 Å². The van der Waals surface area contributed by atoms with Crippen molar-refractivity contribution in [2.24, 2.45) is 0 Å². The van der Waals surface area contributed by atoms with E-state index in [-0.39, 0.29) is 0 Å². The van der Waals surface area contributed by atoms with Crippen molar-refractivity contribution in [1.82, 2.24) is 0 Å². The summed E-state index contributed by atoms with van der Waals surface area (Å²) in [6.07, 6.45) is 2.36. The molecule has 0 radical (unpaired) electrons. The topological polar surface area (TPSA) is 9.23 Å². The Hall–Kier alpha value is 0.140. The molecular weight excluding hydrogens is 236 g/mol. The number of rotatable bonds is 5. The second-order valence-electron chi connectivity index (χ2n) is 2.60. The monoisotopic (exact) mass is 248 g/mol. The van der Waals surface area contributed by atoms with Gasteiger partial charge in [0.1, 0.15) is 0 Å². The van der Waals surface area contributed by atoms with E-state index in [0.717, 1.165) is 19.6 Å². The fourth-order valence-electron chi connectivity index (χ4n) is 0.839. The maximum atomic E-state index is 5.48. The second kappa shape index (κ2) is 5.73. The molecule has 0 aliphatic rings. The van der Waals surface area contributed by atoms with Gasteiger partial charge in [0.05, 0.1) is 6.61 Å². The minimum absolute atomic E-state index is 0.748. The Morgan fingerprint density at radius 1 is 1.58 bits per heavy atom. The molecule has 12 heavy (non-hydrogen) atoms. The number of ether oxygens (including phenoxy) is 1. The van der Waals surface area contributed by atoms with Gasteiger partial charge in [0.2, 0.25) is 0 Å². The zero-order valence-electron chi connectivity index (χ0n) is 7.18. The van der Waals surface area contributed by atoms with Gasteiger partial charge in [0.15, 0.2) is 0 Å². The molecule has 1 aromatic rings. The van der Waals surface area contributed by atoms with E-state index in [2.05, 4.69) is 34.3 Å². The standard InChI is InChI=1S/C9H13BrOS/c1-2-3-5-11-7-9-8(10)4-6-12-9/h4,6H,2-3,5,7H2,1H3. The quantitative estimate of drug-likeness (QED) is 0.720. The van der Waals surface area contributed by atoms with E-state index in [4.69, 9.17) is 4.74 Å². The molecule has 0 amide bonds. The van der Waals surface area contributed by atoms with E-state index in [1.165, 1.54) is 15.8 Å². The number of halogens is 1. The molecule has 68 valence electrons. The molecule has 1 nitrogen and oxygen atoms in total. The summed E-state index contributed by atoms with van der Waals surface area (Å²) in [6, 6.07) is 2.06. The maximum absolute atomic E-state index is 5.48. The van der Waals surface area contributed by atoms with Crippen molar-refractivity contribution in [2.75, 3.05) is 6.61 Å². The molecule has 0 aliphatic heterocycles. The zero-order valence-corrected chi connectivity index (χ0v) is 9.58. The molecule has 0 spiro atoms. The molecule has 0 bridgehead atoms. The normalized spacial score (nSPS) is 10.5. The third kappa shape index (κ3) is 3.25. The van der Waals surface area contributed by atoms with Gasteiger partial charge >= 0.3 is 0 Å². The largest absolute Gasteiger partial charge is 0.376 e. The molecule has 0 aromatic carbocycles. The average molecular weight is 249 g/mol. The lowest BCUT2D eigenvalue weighted by molar-refractivity contribution is 0.120. The Labute approximate surface area is 85.9 Å². The number of unbranched alkanes of at least 4 members (excludes halogenated alkanes) is 1. The second-order valence-corrected chi connectivity index (χ2v) is 4.45. The predicted octanol–water partition coefficient (Wildman–Crippen LogP) is 3.83. The van der Waals surface area contributed by atoms with E-state index in [1.54, 1.807) is 11.3 Å². The van der Waals surface area contributed by atoms with Crippen molar-refractivity contribution >= 4 is 27.3 Å². The molecule has 1 heterocycles. The fourth-order valence-corrected chi connectivity index (χ4v) is 2.24. The van der Waals surface area contributed by atoms with Crippen molar-refractivity contribution in [1.29, 1.82) is 0 Å². The highest BCUT2D eigenvalue weighted by Crippen LogP contribution is 2.23. The van der Waals surface area contributed by atoms with Crippen LogP contribution in [0, 0.1) is 0 Å². The van der Waals surface area contributed by atoms with E-state index in [1.807, 2.05) is 0 Å². The fraction of sp³-hybridized carbons (Fsp3) is 0.556. The predicted molar refractivity (Wildman–Crippen MR) is 56.6 cm³/mol. The molecule has 0 unspecified atom stereocenters. The van der Waals surface area contributed by atoms with Gasteiger partial charge in [0.25, 0.3) is 0 Å². The first-order valence-electron chi connectivity index (χ1n) is 4.14. The Morgan fingerprint density at radius 2 is 2.42 bits per heavy atom. The molecule has 0 aliphatic carbocycles. The smallest absolute Gasteiger partial charge is 0.0820 e. The van der Waals surface area contributed by atoms with Crippen LogP contribution in [-0.2, 0) is 11.3 Å². The van der Waals surface area contributed by atoms with E-state index in [9.17, 15) is 0 Å². The molecule has 3 heteroatoms. The highest BCUT2D eigenvalue weighted by atomic mass is 79.9. The van der Waals surface area contributed by atoms with Crippen molar-refractivity contribution in [2.45, 2.75) is 26.4 Å². The van der Waals surface area contributed by atoms with Crippen molar-refractivity contribution in [3.05, 3.63) is 20.8 Å². The summed E-state index contributed by atoms with van der Waals surface area (Å²) >= 11 is 5.20. The number of hydrogen-bond acceptors (Lipinski definition) is 2. The van der Waals surface area contributed by atoms with Crippen LogP contribution in [0.4, 0.5) is 0 Å². The summed E-state index contributed by atoms with van der Waals surface area (Å²) in [5.74, 6) is 0. The van der Waals surface area contributed by atoms with E-state index >= 15 is 0 Å². The summed E-state index contributed by atoms with van der Waals surface area (Å²) in [4.78, 5) is 1.28. The third-order valence-electron chi connectivity index (χ3n) is 1.57. The summed E-state index contributed by atoms with van der Waals surface area (Å²) in [7, 11) is 0. The molecule has 0 saturated carbocycles. The first-order chi connectivity index (χ1) is 5.84. The first kappa shape index (κ1) is 10.2. The third-order valence-corrected chi connectivity index (χ3v) is 3.47. The molecule has 1 rings (SSSR count). The summed E-state index contributed by atoms with van der Waals surface area (Å²) < 4.78 is 6.65. The van der Waals surface area contributed by atoms with Gasteiger partial charge in [0, 0.05) is 16.0 Å². The zero-order chi connectivity index (χ0) is 8.81. The lowest BCUT2D eigenvalue weighted by Gasteiger charge is -2.00. The van der Waals surface area contributed by atoms with Crippen LogP contribution in [0.25, 0.3) is 0 Å². The highest BCUT2D eigenvalue weighted by Gasteiger charge is 1.99. The maximum Gasteiger partial charge on any atom is 0.0820 e. The number of hydrogen-bond donors (Lipinski definition) is 0. The van der Waals surface area contributed by atoms with Crippen LogP contribution in [0.2, 0.25) is 0 Å². The minimum atomic E-state index is 0.748. The van der Waals surface area contributed by atoms with Crippen LogP contribution in [0.15, 0.2) is 15.9 Å². The average Bonchev–Trinajstić information content (AvgIpc) is 2.46. The van der Waals surface area contributed by atoms with Gasteiger partial charge in [-0.2, -0.15) is 0 Å². The van der Waals surface area contributed by atoms with Crippen LogP contribution in [-0.4, -0.2) is 6.61 Å². The highest BCUT2D eigenvalue weighted by molar-refractivity contribution is 9.10. The van der Waals surface area contributed by atoms with Crippen molar-refractivity contribution in [3.8, 4) is 0 Å². The lowest BCUT2D eigenvalue weighted by atomic mass is 10.4. The molecule has 0 fully saturated rings. The van der Waals surface area contributed by atoms with Crippen LogP contribution in [0.3, 0.4) is 0 Å². The van der Waals surface area contributed by atoms with Crippen LogP contribution < -0.4 is 0 Å². The minimum Gasteiger partial charge on any atom is -0.376 e. The van der Waals surface area contributed by atoms with Gasteiger partial charge < -0.3 is 4.74 Å². The Kier molecular flexibility index (Phi) is 4.88. The SMILES string of the molecule is CCCCOCc1sccc1Br. The van der Waals surface area contributed by atoms with Crippen molar-refractivity contribution in [3.63, 3.8) is 0 Å². The molecular formula is C9H13BrOS. The van der Waals surface area contributed by atoms with Gasteiger partial charge in [-0.25, -0.2) is 0 Å². The molecule has 0 N–H and O–H groups in total. The van der Waals surface area contributed by atoms with Gasteiger partial charge in [-0.1, -0.05) is 13.3 Å². The summed E-state index contributed by atoms with van der Waals surface area (Å²) in [5.41, 5.74) is 0. The summed E-state index contributed by atoms with van der Waals surface area (Å²) in [5, 5.41) is 2.07. The molecule has 1 aromatic heterocycles. The van der Waals surface area contributed by atoms with E-state index < -0.39 is 0 Å².